The molecule has 1 fully saturated rings. The number of benzene rings is 2. The van der Waals surface area contributed by atoms with Gasteiger partial charge < -0.3 is 21.3 Å². The molecule has 1 aliphatic heterocycles. The van der Waals surface area contributed by atoms with E-state index in [1.165, 1.54) is 11.8 Å². The van der Waals surface area contributed by atoms with Crippen LogP contribution in [0.5, 0.6) is 0 Å². The summed E-state index contributed by atoms with van der Waals surface area (Å²) in [5.74, 6) is -0.428. The van der Waals surface area contributed by atoms with E-state index in [1.54, 1.807) is 24.3 Å². The van der Waals surface area contributed by atoms with Gasteiger partial charge in [0, 0.05) is 23.7 Å². The SMILES string of the molecule is O=C(CS/C=C/c1ccccc1)NC1(C(=O)NCCNC(=O)c2ccc(Cl)cc2)CCNCC1. The van der Waals surface area contributed by atoms with Gasteiger partial charge in [-0.15, -0.1) is 11.8 Å². The summed E-state index contributed by atoms with van der Waals surface area (Å²) < 4.78 is 0. The molecule has 0 aliphatic carbocycles. The van der Waals surface area contributed by atoms with E-state index >= 15 is 0 Å². The number of halogens is 1. The number of piperidine rings is 1. The number of carbonyl (C=O) groups excluding carboxylic acids is 3. The van der Waals surface area contributed by atoms with Crippen LogP contribution in [0.1, 0.15) is 28.8 Å². The number of rotatable bonds is 10. The molecule has 2 aromatic rings. The fourth-order valence-electron chi connectivity index (χ4n) is 3.60. The molecular weight excluding hydrogens is 472 g/mol. The van der Waals surface area contributed by atoms with Crippen molar-refractivity contribution in [1.82, 2.24) is 21.3 Å². The monoisotopic (exact) mass is 500 g/mol. The van der Waals surface area contributed by atoms with E-state index in [9.17, 15) is 14.4 Å². The molecule has 3 amide bonds. The van der Waals surface area contributed by atoms with Crippen molar-refractivity contribution in [2.75, 3.05) is 31.9 Å². The molecule has 34 heavy (non-hydrogen) atoms. The van der Waals surface area contributed by atoms with Crippen LogP contribution in [0.2, 0.25) is 5.02 Å². The van der Waals surface area contributed by atoms with Crippen molar-refractivity contribution < 1.29 is 14.4 Å². The summed E-state index contributed by atoms with van der Waals surface area (Å²) in [4.78, 5) is 37.8. The first kappa shape index (κ1) is 25.8. The van der Waals surface area contributed by atoms with Gasteiger partial charge in [-0.3, -0.25) is 14.4 Å². The summed E-state index contributed by atoms with van der Waals surface area (Å²) in [6, 6.07) is 16.4. The molecule has 0 unspecified atom stereocenters. The fourth-order valence-corrected chi connectivity index (χ4v) is 4.30. The molecule has 2 aromatic carbocycles. The molecule has 3 rings (SSSR count). The maximum Gasteiger partial charge on any atom is 0.251 e. The largest absolute Gasteiger partial charge is 0.352 e. The predicted molar refractivity (Wildman–Crippen MR) is 138 cm³/mol. The average molecular weight is 501 g/mol. The molecule has 9 heteroatoms. The Labute approximate surface area is 209 Å². The molecule has 0 aromatic heterocycles. The van der Waals surface area contributed by atoms with Gasteiger partial charge in [0.25, 0.3) is 5.91 Å². The van der Waals surface area contributed by atoms with E-state index in [0.717, 1.165) is 5.56 Å². The normalized spacial score (nSPS) is 15.0. The molecule has 1 saturated heterocycles. The third-order valence-electron chi connectivity index (χ3n) is 5.44. The lowest BCUT2D eigenvalue weighted by atomic mass is 9.87. The van der Waals surface area contributed by atoms with Gasteiger partial charge >= 0.3 is 0 Å². The lowest BCUT2D eigenvalue weighted by Crippen LogP contribution is -2.63. The second kappa shape index (κ2) is 13.2. The third-order valence-corrected chi connectivity index (χ3v) is 6.45. The first-order chi connectivity index (χ1) is 16.5. The van der Waals surface area contributed by atoms with Crippen molar-refractivity contribution in [1.29, 1.82) is 0 Å². The van der Waals surface area contributed by atoms with Crippen LogP contribution in [0, 0.1) is 0 Å². The summed E-state index contributed by atoms with van der Waals surface area (Å²) in [6.45, 7) is 1.82. The van der Waals surface area contributed by atoms with Crippen molar-refractivity contribution in [3.63, 3.8) is 0 Å². The molecular formula is C25H29ClN4O3S. The Morgan fingerprint density at radius 3 is 2.35 bits per heavy atom. The predicted octanol–water partition coefficient (Wildman–Crippen LogP) is 2.83. The number of hydrogen-bond acceptors (Lipinski definition) is 5. The van der Waals surface area contributed by atoms with Crippen molar-refractivity contribution in [3.05, 3.63) is 76.2 Å². The Balaban J connectivity index is 1.45. The smallest absolute Gasteiger partial charge is 0.251 e. The van der Waals surface area contributed by atoms with Gasteiger partial charge in [0.05, 0.1) is 5.75 Å². The minimum absolute atomic E-state index is 0.184. The fraction of sp³-hybridized carbons (Fsp3) is 0.320. The molecule has 0 spiro atoms. The van der Waals surface area contributed by atoms with Crippen LogP contribution in [0.25, 0.3) is 6.08 Å². The minimum atomic E-state index is -0.952. The quantitative estimate of drug-likeness (QED) is 0.376. The van der Waals surface area contributed by atoms with Crippen LogP contribution in [-0.2, 0) is 9.59 Å². The Kier molecular flexibility index (Phi) is 10.00. The van der Waals surface area contributed by atoms with Crippen LogP contribution in [0.15, 0.2) is 60.0 Å². The van der Waals surface area contributed by atoms with Gasteiger partial charge in [-0.2, -0.15) is 0 Å². The van der Waals surface area contributed by atoms with Gasteiger partial charge in [0.1, 0.15) is 5.54 Å². The van der Waals surface area contributed by atoms with Crippen molar-refractivity contribution >= 4 is 47.2 Å². The highest BCUT2D eigenvalue weighted by Crippen LogP contribution is 2.19. The maximum absolute atomic E-state index is 13.0. The highest BCUT2D eigenvalue weighted by atomic mass is 35.5. The summed E-state index contributed by atoms with van der Waals surface area (Å²) in [7, 11) is 0. The zero-order valence-electron chi connectivity index (χ0n) is 18.8. The van der Waals surface area contributed by atoms with Gasteiger partial charge in [0.2, 0.25) is 11.8 Å². The van der Waals surface area contributed by atoms with Crippen LogP contribution < -0.4 is 21.3 Å². The maximum atomic E-state index is 13.0. The summed E-state index contributed by atoms with van der Waals surface area (Å²) >= 11 is 7.23. The molecule has 0 saturated carbocycles. The summed E-state index contributed by atoms with van der Waals surface area (Å²) in [5.41, 5.74) is 0.607. The Bertz CT molecular complexity index is 993. The van der Waals surface area contributed by atoms with Crippen LogP contribution in [0.3, 0.4) is 0 Å². The lowest BCUT2D eigenvalue weighted by molar-refractivity contribution is -0.133. The Morgan fingerprint density at radius 1 is 0.971 bits per heavy atom. The second-order valence-electron chi connectivity index (χ2n) is 7.92. The van der Waals surface area contributed by atoms with E-state index in [4.69, 9.17) is 11.6 Å². The zero-order valence-corrected chi connectivity index (χ0v) is 20.4. The van der Waals surface area contributed by atoms with E-state index in [-0.39, 0.29) is 36.6 Å². The Morgan fingerprint density at radius 2 is 1.65 bits per heavy atom. The van der Waals surface area contributed by atoms with Crippen LogP contribution in [-0.4, -0.2) is 55.2 Å². The number of thioether (sulfide) groups is 1. The molecule has 7 nitrogen and oxygen atoms in total. The number of carbonyl (C=O) groups is 3. The molecule has 0 radical (unpaired) electrons. The third kappa shape index (κ3) is 7.90. The van der Waals surface area contributed by atoms with E-state index < -0.39 is 5.54 Å². The highest BCUT2D eigenvalue weighted by molar-refractivity contribution is 8.02. The van der Waals surface area contributed by atoms with Gasteiger partial charge in [-0.25, -0.2) is 0 Å². The van der Waals surface area contributed by atoms with E-state index in [2.05, 4.69) is 21.3 Å². The highest BCUT2D eigenvalue weighted by Gasteiger charge is 2.40. The Hall–Kier alpha value is -2.81. The molecule has 1 heterocycles. The van der Waals surface area contributed by atoms with Gasteiger partial charge in [-0.05, 0) is 67.2 Å². The summed E-state index contributed by atoms with van der Waals surface area (Å²) in [5, 5.41) is 14.3. The number of hydrogen-bond donors (Lipinski definition) is 4. The molecule has 1 aliphatic rings. The second-order valence-corrected chi connectivity index (χ2v) is 9.25. The average Bonchev–Trinajstić information content (AvgIpc) is 2.86. The van der Waals surface area contributed by atoms with E-state index in [1.807, 2.05) is 41.8 Å². The van der Waals surface area contributed by atoms with Crippen LogP contribution >= 0.6 is 23.4 Å². The molecule has 0 atom stereocenters. The van der Waals surface area contributed by atoms with E-state index in [0.29, 0.717) is 36.5 Å². The number of amides is 3. The summed E-state index contributed by atoms with van der Waals surface area (Å²) in [6.07, 6.45) is 2.96. The van der Waals surface area contributed by atoms with Crippen molar-refractivity contribution in [3.8, 4) is 0 Å². The number of nitrogens with one attached hydrogen (secondary N) is 4. The first-order valence-corrected chi connectivity index (χ1v) is 12.6. The standard InChI is InChI=1S/C25H29ClN4O3S/c26-21-8-6-20(7-9-21)23(32)28-15-16-29-24(33)25(11-13-27-14-12-25)30-22(31)18-34-17-10-19-4-2-1-3-5-19/h1-10,17,27H,11-16,18H2,(H,28,32)(H,29,33)(H,30,31)/b17-10+. The zero-order chi connectivity index (χ0) is 24.2. The molecule has 180 valence electrons. The topological polar surface area (TPSA) is 99.3 Å². The van der Waals surface area contributed by atoms with Gasteiger partial charge in [-0.1, -0.05) is 41.9 Å². The van der Waals surface area contributed by atoms with Crippen molar-refractivity contribution in [2.45, 2.75) is 18.4 Å². The van der Waals surface area contributed by atoms with Crippen molar-refractivity contribution in [2.24, 2.45) is 0 Å². The first-order valence-electron chi connectivity index (χ1n) is 11.2. The molecule has 4 N–H and O–H groups in total. The minimum Gasteiger partial charge on any atom is -0.352 e. The molecule has 0 bridgehead atoms. The van der Waals surface area contributed by atoms with Crippen LogP contribution in [0.4, 0.5) is 0 Å². The lowest BCUT2D eigenvalue weighted by Gasteiger charge is -2.37. The van der Waals surface area contributed by atoms with Gasteiger partial charge in [0.15, 0.2) is 0 Å².